The zero-order valence-electron chi connectivity index (χ0n) is 16.3. The van der Waals surface area contributed by atoms with Gasteiger partial charge in [0, 0.05) is 30.4 Å². The second-order valence-corrected chi connectivity index (χ2v) is 6.90. The molecule has 0 aliphatic carbocycles. The van der Waals surface area contributed by atoms with Crippen LogP contribution in [0.1, 0.15) is 36.9 Å². The van der Waals surface area contributed by atoms with Crippen LogP contribution in [0, 0.1) is 11.3 Å². The van der Waals surface area contributed by atoms with Crippen molar-refractivity contribution in [1.29, 1.82) is 5.26 Å². The largest absolute Gasteiger partial charge is 0.496 e. The molecule has 2 aromatic carbocycles. The summed E-state index contributed by atoms with van der Waals surface area (Å²) in [5.74, 6) is 0.255. The Labute approximate surface area is 166 Å². The lowest BCUT2D eigenvalue weighted by Crippen LogP contribution is -2.27. The predicted octanol–water partition coefficient (Wildman–Crippen LogP) is 4.08. The van der Waals surface area contributed by atoms with Gasteiger partial charge in [0.15, 0.2) is 0 Å². The standard InChI is InChI=1S/C23H25N3O2/c1-17(18-8-4-3-5-9-18)25-23(27)20(16-24)14-19-10-11-21(15-22(19)28-2)26-12-6-7-13-26/h3-5,8-11,14-15,17H,6-7,12-13H2,1-2H3,(H,25,27)/b20-14-/t17-/m0/s1. The highest BCUT2D eigenvalue weighted by molar-refractivity contribution is 6.02. The van der Waals surface area contributed by atoms with Crippen LogP contribution >= 0.6 is 0 Å². The van der Waals surface area contributed by atoms with Crippen LogP contribution in [0.5, 0.6) is 5.75 Å². The molecule has 144 valence electrons. The molecule has 1 atom stereocenters. The van der Waals surface area contributed by atoms with E-state index in [2.05, 4.69) is 10.2 Å². The maximum absolute atomic E-state index is 12.6. The van der Waals surface area contributed by atoms with Gasteiger partial charge in [0.2, 0.25) is 0 Å². The molecule has 1 saturated heterocycles. The summed E-state index contributed by atoms with van der Waals surface area (Å²) in [6, 6.07) is 17.4. The van der Waals surface area contributed by atoms with Gasteiger partial charge in [-0.25, -0.2) is 0 Å². The highest BCUT2D eigenvalue weighted by Crippen LogP contribution is 2.29. The van der Waals surface area contributed by atoms with E-state index in [4.69, 9.17) is 4.74 Å². The van der Waals surface area contributed by atoms with Crippen LogP contribution in [-0.4, -0.2) is 26.1 Å². The number of carbonyl (C=O) groups is 1. The molecule has 1 aliphatic rings. The van der Waals surface area contributed by atoms with Crippen molar-refractivity contribution in [3.05, 3.63) is 65.2 Å². The lowest BCUT2D eigenvalue weighted by Gasteiger charge is -2.19. The predicted molar refractivity (Wildman–Crippen MR) is 111 cm³/mol. The van der Waals surface area contributed by atoms with Crippen molar-refractivity contribution in [3.8, 4) is 11.8 Å². The average Bonchev–Trinajstić information content (AvgIpc) is 3.27. The Bertz CT molecular complexity index is 894. The second kappa shape index (κ2) is 9.09. The quantitative estimate of drug-likeness (QED) is 0.610. The zero-order valence-corrected chi connectivity index (χ0v) is 16.3. The summed E-state index contributed by atoms with van der Waals surface area (Å²) < 4.78 is 5.51. The lowest BCUT2D eigenvalue weighted by atomic mass is 10.1. The molecule has 1 aliphatic heterocycles. The number of hydrogen-bond donors (Lipinski definition) is 1. The molecule has 3 rings (SSSR count). The Kier molecular flexibility index (Phi) is 6.33. The normalized spacial score (nSPS) is 15.0. The summed E-state index contributed by atoms with van der Waals surface area (Å²) in [7, 11) is 1.60. The minimum atomic E-state index is -0.399. The third kappa shape index (κ3) is 4.52. The van der Waals surface area contributed by atoms with Gasteiger partial charge in [0.25, 0.3) is 5.91 Å². The fourth-order valence-corrected chi connectivity index (χ4v) is 3.39. The number of nitriles is 1. The van der Waals surface area contributed by atoms with Gasteiger partial charge in [-0.2, -0.15) is 5.26 Å². The molecule has 28 heavy (non-hydrogen) atoms. The monoisotopic (exact) mass is 375 g/mol. The van der Waals surface area contributed by atoms with Gasteiger partial charge in [0.1, 0.15) is 17.4 Å². The van der Waals surface area contributed by atoms with Crippen LogP contribution in [0.3, 0.4) is 0 Å². The fraction of sp³-hybridized carbons (Fsp3) is 0.304. The summed E-state index contributed by atoms with van der Waals surface area (Å²) in [6.45, 7) is 3.98. The average molecular weight is 375 g/mol. The summed E-state index contributed by atoms with van der Waals surface area (Å²) in [5.41, 5.74) is 2.85. The van der Waals surface area contributed by atoms with Gasteiger partial charge in [-0.15, -0.1) is 0 Å². The van der Waals surface area contributed by atoms with Gasteiger partial charge in [-0.1, -0.05) is 30.3 Å². The van der Waals surface area contributed by atoms with Crippen LogP contribution in [0.4, 0.5) is 5.69 Å². The first-order valence-electron chi connectivity index (χ1n) is 9.53. The van der Waals surface area contributed by atoms with Gasteiger partial charge in [-0.05, 0) is 43.5 Å². The Morgan fingerprint density at radius 3 is 2.57 bits per heavy atom. The number of hydrogen-bond acceptors (Lipinski definition) is 4. The molecule has 5 nitrogen and oxygen atoms in total. The van der Waals surface area contributed by atoms with Crippen molar-refractivity contribution in [1.82, 2.24) is 5.32 Å². The highest BCUT2D eigenvalue weighted by Gasteiger charge is 2.17. The zero-order chi connectivity index (χ0) is 19.9. The molecule has 0 spiro atoms. The number of nitrogens with zero attached hydrogens (tertiary/aromatic N) is 2. The van der Waals surface area contributed by atoms with Crippen molar-refractivity contribution >= 4 is 17.7 Å². The lowest BCUT2D eigenvalue weighted by molar-refractivity contribution is -0.117. The number of rotatable bonds is 6. The SMILES string of the molecule is COc1cc(N2CCCC2)ccc1/C=C(/C#N)C(=O)N[C@@H](C)c1ccccc1. The van der Waals surface area contributed by atoms with E-state index in [9.17, 15) is 10.1 Å². The minimum absolute atomic E-state index is 0.0509. The van der Waals surface area contributed by atoms with E-state index in [1.165, 1.54) is 12.8 Å². The molecule has 0 saturated carbocycles. The number of carbonyl (C=O) groups excluding carboxylic acids is 1. The number of methoxy groups -OCH3 is 1. The topological polar surface area (TPSA) is 65.4 Å². The van der Waals surface area contributed by atoms with E-state index < -0.39 is 5.91 Å². The third-order valence-corrected chi connectivity index (χ3v) is 5.00. The molecule has 1 N–H and O–H groups in total. The number of nitrogens with one attached hydrogen (secondary N) is 1. The van der Waals surface area contributed by atoms with E-state index in [0.29, 0.717) is 11.3 Å². The molecular formula is C23H25N3O2. The van der Waals surface area contributed by atoms with E-state index in [1.54, 1.807) is 13.2 Å². The van der Waals surface area contributed by atoms with Gasteiger partial charge in [0.05, 0.1) is 13.2 Å². The van der Waals surface area contributed by atoms with Gasteiger partial charge >= 0.3 is 0 Å². The molecule has 1 amide bonds. The van der Waals surface area contributed by atoms with Crippen molar-refractivity contribution in [2.45, 2.75) is 25.8 Å². The van der Waals surface area contributed by atoms with E-state index >= 15 is 0 Å². The Hall–Kier alpha value is -3.26. The van der Waals surface area contributed by atoms with Crippen LogP contribution < -0.4 is 15.0 Å². The third-order valence-electron chi connectivity index (χ3n) is 5.00. The first-order valence-corrected chi connectivity index (χ1v) is 9.53. The first kappa shape index (κ1) is 19.5. The molecule has 0 unspecified atom stereocenters. The maximum atomic E-state index is 12.6. The highest BCUT2D eigenvalue weighted by atomic mass is 16.5. The summed E-state index contributed by atoms with van der Waals surface area (Å²) in [4.78, 5) is 14.9. The Balaban J connectivity index is 1.79. The van der Waals surface area contributed by atoms with Crippen LogP contribution in [0.2, 0.25) is 0 Å². The Morgan fingerprint density at radius 2 is 1.93 bits per heavy atom. The Morgan fingerprint density at radius 1 is 1.21 bits per heavy atom. The van der Waals surface area contributed by atoms with Gasteiger partial charge in [-0.3, -0.25) is 4.79 Å². The minimum Gasteiger partial charge on any atom is -0.496 e. The van der Waals surface area contributed by atoms with Crippen LogP contribution in [-0.2, 0) is 4.79 Å². The van der Waals surface area contributed by atoms with E-state index in [1.807, 2.05) is 61.5 Å². The summed E-state index contributed by atoms with van der Waals surface area (Å²) >= 11 is 0. The molecule has 2 aromatic rings. The molecule has 0 bridgehead atoms. The van der Waals surface area contributed by atoms with Crippen LogP contribution in [0.25, 0.3) is 6.08 Å². The number of ether oxygens (including phenoxy) is 1. The van der Waals surface area contributed by atoms with Gasteiger partial charge < -0.3 is 15.0 Å². The molecule has 5 heteroatoms. The number of amides is 1. The second-order valence-electron chi connectivity index (χ2n) is 6.90. The number of benzene rings is 2. The fourth-order valence-electron chi connectivity index (χ4n) is 3.39. The molecule has 0 radical (unpaired) electrons. The number of anilines is 1. The molecule has 1 heterocycles. The summed E-state index contributed by atoms with van der Waals surface area (Å²) in [5, 5.41) is 12.4. The van der Waals surface area contributed by atoms with Crippen molar-refractivity contribution in [2.75, 3.05) is 25.1 Å². The summed E-state index contributed by atoms with van der Waals surface area (Å²) in [6.07, 6.45) is 3.98. The maximum Gasteiger partial charge on any atom is 0.262 e. The molecule has 0 aromatic heterocycles. The molecular weight excluding hydrogens is 350 g/mol. The van der Waals surface area contributed by atoms with Crippen molar-refractivity contribution in [2.24, 2.45) is 0 Å². The van der Waals surface area contributed by atoms with Crippen LogP contribution in [0.15, 0.2) is 54.1 Å². The smallest absolute Gasteiger partial charge is 0.262 e. The molecule has 1 fully saturated rings. The van der Waals surface area contributed by atoms with Crippen molar-refractivity contribution in [3.63, 3.8) is 0 Å². The van der Waals surface area contributed by atoms with Crippen molar-refractivity contribution < 1.29 is 9.53 Å². The van der Waals surface area contributed by atoms with E-state index in [-0.39, 0.29) is 11.6 Å². The first-order chi connectivity index (χ1) is 13.6. The van der Waals surface area contributed by atoms with E-state index in [0.717, 1.165) is 24.3 Å².